The Kier molecular flexibility index (Phi) is 5.41. The van der Waals surface area contributed by atoms with Crippen LogP contribution >= 0.6 is 0 Å². The number of carbonyl (C=O) groups is 2. The van der Waals surface area contributed by atoms with Gasteiger partial charge in [-0.3, -0.25) is 14.4 Å². The Bertz CT molecular complexity index is 758. The van der Waals surface area contributed by atoms with Gasteiger partial charge in [0.25, 0.3) is 12.2 Å². The van der Waals surface area contributed by atoms with Gasteiger partial charge in [0.15, 0.2) is 0 Å². The molecule has 0 aliphatic heterocycles. The number of nitrogens with zero attached hydrogens (tertiary/aromatic N) is 2. The van der Waals surface area contributed by atoms with Crippen LogP contribution in [0.2, 0.25) is 0 Å². The second kappa shape index (κ2) is 7.34. The molecule has 1 N–H and O–H groups in total. The van der Waals surface area contributed by atoms with Crippen molar-refractivity contribution in [3.63, 3.8) is 0 Å². The predicted molar refractivity (Wildman–Crippen MR) is 69.2 cm³/mol. The van der Waals surface area contributed by atoms with Crippen molar-refractivity contribution in [3.8, 4) is 11.4 Å². The van der Waals surface area contributed by atoms with E-state index in [9.17, 15) is 31.5 Å². The van der Waals surface area contributed by atoms with E-state index in [1.807, 2.05) is 0 Å². The second-order valence-corrected chi connectivity index (χ2v) is 4.46. The van der Waals surface area contributed by atoms with E-state index in [1.165, 1.54) is 12.1 Å². The molecule has 1 amide bonds. The smallest absolute Gasteiger partial charge is 0.329 e. The summed E-state index contributed by atoms with van der Waals surface area (Å²) in [6, 6.07) is 4.61. The monoisotopic (exact) mass is 365 g/mol. The van der Waals surface area contributed by atoms with Crippen LogP contribution in [0.15, 0.2) is 28.8 Å². The summed E-state index contributed by atoms with van der Waals surface area (Å²) in [6.45, 7) is -1.09. The Hall–Kier alpha value is -2.89. The van der Waals surface area contributed by atoms with E-state index in [0.29, 0.717) is 0 Å². The third-order valence-corrected chi connectivity index (χ3v) is 2.65. The molecule has 0 saturated heterocycles. The normalized spacial score (nSPS) is 11.6. The minimum Gasteiger partial charge on any atom is -0.329 e. The summed E-state index contributed by atoms with van der Waals surface area (Å²) in [5, 5.41) is 3.16. The lowest BCUT2D eigenvalue weighted by atomic mass is 10.1. The van der Waals surface area contributed by atoms with Crippen LogP contribution in [0.3, 0.4) is 0 Å². The molecule has 2 rings (SSSR count). The van der Waals surface area contributed by atoms with E-state index in [4.69, 9.17) is 0 Å². The number of hydrogen-bond donors (Lipinski definition) is 1. The molecular weight excluding hydrogens is 357 g/mol. The molecule has 25 heavy (non-hydrogen) atoms. The molecule has 0 fully saturated rings. The zero-order valence-corrected chi connectivity index (χ0v) is 12.0. The molecule has 0 saturated carbocycles. The average Bonchev–Trinajstić information content (AvgIpc) is 3.04. The Morgan fingerprint density at radius 2 is 1.84 bits per heavy atom. The number of halogens is 5. The van der Waals surface area contributed by atoms with Crippen LogP contribution in [0.1, 0.15) is 16.2 Å². The number of ketones is 1. The summed E-state index contributed by atoms with van der Waals surface area (Å²) in [5.74, 6) is -4.27. The van der Waals surface area contributed by atoms with Crippen LogP contribution in [-0.4, -0.2) is 34.9 Å². The van der Waals surface area contributed by atoms with Gasteiger partial charge in [-0.1, -0.05) is 29.4 Å². The second-order valence-electron chi connectivity index (χ2n) is 4.46. The first-order valence-electron chi connectivity index (χ1n) is 6.44. The molecule has 12 heteroatoms. The lowest BCUT2D eigenvalue weighted by Gasteiger charge is -2.04. The Labute approximate surface area is 135 Å². The molecule has 1 heterocycles. The zero-order valence-electron chi connectivity index (χ0n) is 12.0. The molecule has 1 aromatic carbocycles. The maximum Gasteiger partial charge on any atom is 0.471 e. The Morgan fingerprint density at radius 3 is 2.36 bits per heavy atom. The lowest BCUT2D eigenvalue weighted by molar-refractivity contribution is -0.159. The fourth-order valence-corrected chi connectivity index (χ4v) is 1.57. The number of benzene rings is 1. The van der Waals surface area contributed by atoms with Crippen molar-refractivity contribution in [1.29, 1.82) is 0 Å². The van der Waals surface area contributed by atoms with Gasteiger partial charge in [0, 0.05) is 11.1 Å². The van der Waals surface area contributed by atoms with Gasteiger partial charge >= 0.3 is 18.0 Å². The van der Waals surface area contributed by atoms with Gasteiger partial charge in [-0.15, -0.1) is 0 Å². The van der Waals surface area contributed by atoms with Gasteiger partial charge in [0.05, 0.1) is 0 Å². The summed E-state index contributed by atoms with van der Waals surface area (Å²) in [6.07, 6.45) is -7.62. The number of carbonyl (C=O) groups excluding carboxylic acids is 2. The van der Waals surface area contributed by atoms with E-state index in [2.05, 4.69) is 19.5 Å². The number of nitrogens with one attached hydrogen (secondary N) is 1. The van der Waals surface area contributed by atoms with Gasteiger partial charge in [-0.2, -0.15) is 18.2 Å². The van der Waals surface area contributed by atoms with Crippen molar-refractivity contribution >= 4 is 11.7 Å². The molecule has 0 atom stereocenters. The van der Waals surface area contributed by atoms with Crippen molar-refractivity contribution in [2.45, 2.75) is 12.6 Å². The maximum absolute atomic E-state index is 12.4. The van der Waals surface area contributed by atoms with E-state index >= 15 is 0 Å². The number of hydrogen-bond acceptors (Lipinski definition) is 6. The van der Waals surface area contributed by atoms with E-state index in [0.717, 1.165) is 12.1 Å². The molecule has 7 nitrogen and oxygen atoms in total. The first-order chi connectivity index (χ1) is 11.7. The molecule has 0 radical (unpaired) electrons. The van der Waals surface area contributed by atoms with E-state index in [-0.39, 0.29) is 17.0 Å². The molecule has 0 bridgehead atoms. The molecule has 2 aromatic rings. The number of aromatic nitrogens is 2. The van der Waals surface area contributed by atoms with Crippen LogP contribution < -0.4 is 5.48 Å². The van der Waals surface area contributed by atoms with Gasteiger partial charge < -0.3 is 4.52 Å². The lowest BCUT2D eigenvalue weighted by Crippen LogP contribution is -2.32. The van der Waals surface area contributed by atoms with Crippen molar-refractivity contribution in [2.75, 3.05) is 6.61 Å². The molecule has 0 unspecified atom stereocenters. The summed E-state index contributed by atoms with van der Waals surface area (Å²) in [4.78, 5) is 30.4. The number of amides is 1. The highest BCUT2D eigenvalue weighted by molar-refractivity contribution is 6.42. The van der Waals surface area contributed by atoms with Crippen molar-refractivity contribution < 1.29 is 40.9 Å². The van der Waals surface area contributed by atoms with Gasteiger partial charge in [-0.25, -0.2) is 14.3 Å². The highest BCUT2D eigenvalue weighted by Crippen LogP contribution is 2.29. The minimum absolute atomic E-state index is 0.102. The van der Waals surface area contributed by atoms with Crippen LogP contribution in [0.25, 0.3) is 11.4 Å². The molecule has 0 spiro atoms. The van der Waals surface area contributed by atoms with E-state index in [1.54, 1.807) is 5.48 Å². The number of hydroxylamine groups is 1. The Balaban J connectivity index is 2.05. The topological polar surface area (TPSA) is 94.3 Å². The van der Waals surface area contributed by atoms with Crippen molar-refractivity contribution in [1.82, 2.24) is 15.6 Å². The third kappa shape index (κ3) is 4.79. The third-order valence-electron chi connectivity index (χ3n) is 2.65. The fourth-order valence-electron chi connectivity index (χ4n) is 1.57. The molecule has 0 aliphatic rings. The SMILES string of the molecule is O=C(NOCC(F)F)C(=O)c1ccc(-c2noc(C(F)(F)F)n2)cc1. The summed E-state index contributed by atoms with van der Waals surface area (Å²) in [7, 11) is 0. The highest BCUT2D eigenvalue weighted by Gasteiger charge is 2.38. The number of alkyl halides is 5. The van der Waals surface area contributed by atoms with Crippen LogP contribution in [0.4, 0.5) is 22.0 Å². The summed E-state index contributed by atoms with van der Waals surface area (Å²) < 4.78 is 64.9. The van der Waals surface area contributed by atoms with Crippen LogP contribution in [-0.2, 0) is 15.8 Å². The quantitative estimate of drug-likeness (QED) is 0.365. The first kappa shape index (κ1) is 18.4. The molecule has 134 valence electrons. The highest BCUT2D eigenvalue weighted by atomic mass is 19.4. The summed E-state index contributed by atoms with van der Waals surface area (Å²) in [5.41, 5.74) is 1.50. The molecule has 1 aromatic heterocycles. The number of rotatable bonds is 6. The van der Waals surface area contributed by atoms with Gasteiger partial charge in [0.1, 0.15) is 6.61 Å². The van der Waals surface area contributed by atoms with Crippen molar-refractivity contribution in [2.24, 2.45) is 0 Å². The first-order valence-corrected chi connectivity index (χ1v) is 6.44. The standard InChI is InChI=1S/C13H8F5N3O4/c14-8(15)5-24-21-11(23)9(22)6-1-3-7(4-2-6)10-19-12(25-20-10)13(16,17)18/h1-4,8H,5H2,(H,21,23). The largest absolute Gasteiger partial charge is 0.471 e. The maximum atomic E-state index is 12.4. The van der Waals surface area contributed by atoms with Crippen molar-refractivity contribution in [3.05, 3.63) is 35.7 Å². The van der Waals surface area contributed by atoms with Crippen LogP contribution in [0, 0.1) is 0 Å². The van der Waals surface area contributed by atoms with Crippen LogP contribution in [0.5, 0.6) is 0 Å². The Morgan fingerprint density at radius 1 is 1.20 bits per heavy atom. The molecule has 0 aliphatic carbocycles. The molecular formula is C13H8F5N3O4. The summed E-state index contributed by atoms with van der Waals surface area (Å²) >= 11 is 0. The average molecular weight is 365 g/mol. The van der Waals surface area contributed by atoms with Gasteiger partial charge in [-0.05, 0) is 0 Å². The fraction of sp³-hybridized carbons (Fsp3) is 0.231. The zero-order chi connectivity index (χ0) is 18.6. The minimum atomic E-state index is -4.79. The van der Waals surface area contributed by atoms with Gasteiger partial charge in [0.2, 0.25) is 5.82 Å². The predicted octanol–water partition coefficient (Wildman–Crippen LogP) is 2.25. The van der Waals surface area contributed by atoms with E-state index < -0.39 is 36.8 Å². The number of Topliss-reactive ketones (excluding diaryl/α,β-unsaturated/α-hetero) is 1.